The third-order valence-corrected chi connectivity index (χ3v) is 12.3. The van der Waals surface area contributed by atoms with Crippen molar-refractivity contribution in [3.63, 3.8) is 0 Å². The van der Waals surface area contributed by atoms with Crippen LogP contribution < -0.4 is 0 Å². The lowest BCUT2D eigenvalue weighted by atomic mass is 9.41. The van der Waals surface area contributed by atoms with Crippen LogP contribution >= 0.6 is 0 Å². The van der Waals surface area contributed by atoms with Gasteiger partial charge in [0.25, 0.3) is 0 Å². The number of carbonyl (C=O) groups excluding carboxylic acids is 2. The molecule has 0 amide bonds. The van der Waals surface area contributed by atoms with E-state index in [1.807, 2.05) is 0 Å². The van der Waals surface area contributed by atoms with Crippen molar-refractivity contribution in [3.05, 3.63) is 23.3 Å². The van der Waals surface area contributed by atoms with Crippen molar-refractivity contribution >= 4 is 11.6 Å². The second-order valence-corrected chi connectivity index (χ2v) is 14.4. The number of hydrogen-bond donors (Lipinski definition) is 2. The lowest BCUT2D eigenvalue weighted by molar-refractivity contribution is -0.181. The summed E-state index contributed by atoms with van der Waals surface area (Å²) in [5.41, 5.74) is -1.28. The Bertz CT molecular complexity index is 1020. The number of carbonyl (C=O) groups is 2. The van der Waals surface area contributed by atoms with Crippen molar-refractivity contribution in [3.8, 4) is 0 Å². The van der Waals surface area contributed by atoms with Gasteiger partial charge in [0.1, 0.15) is 11.2 Å². The first-order valence-electron chi connectivity index (χ1n) is 13.4. The molecule has 6 aliphatic rings. The van der Waals surface area contributed by atoms with Crippen molar-refractivity contribution in [1.82, 2.24) is 0 Å². The van der Waals surface area contributed by atoms with Gasteiger partial charge in [0.15, 0.2) is 11.6 Å². The molecular formula is C30H44O4. The Labute approximate surface area is 205 Å². The van der Waals surface area contributed by atoms with Gasteiger partial charge in [0.05, 0.1) is 0 Å². The lowest BCUT2D eigenvalue weighted by Crippen LogP contribution is -2.69. The molecule has 4 heteroatoms. The Morgan fingerprint density at radius 2 is 1.24 bits per heavy atom. The molecule has 0 aromatic carbocycles. The van der Waals surface area contributed by atoms with E-state index in [4.69, 9.17) is 0 Å². The third-order valence-electron chi connectivity index (χ3n) is 12.3. The van der Waals surface area contributed by atoms with Crippen molar-refractivity contribution in [2.45, 2.75) is 105 Å². The minimum absolute atomic E-state index is 0.00444. The summed E-state index contributed by atoms with van der Waals surface area (Å²) in [5.74, 6) is -2.20. The number of ketones is 2. The Morgan fingerprint density at radius 3 is 1.71 bits per heavy atom. The Balaban J connectivity index is 1.77. The largest absolute Gasteiger partial charge is 0.382 e. The normalized spacial score (nSPS) is 51.4. The van der Waals surface area contributed by atoms with Crippen LogP contribution in [-0.2, 0) is 9.59 Å². The number of rotatable bonds is 2. The molecule has 6 rings (SSSR count). The van der Waals surface area contributed by atoms with Gasteiger partial charge in [0, 0.05) is 23.7 Å². The van der Waals surface area contributed by atoms with Crippen LogP contribution in [0.25, 0.3) is 0 Å². The lowest BCUT2D eigenvalue weighted by Gasteiger charge is -2.63. The number of aliphatic hydroxyl groups is 2. The second-order valence-electron chi connectivity index (χ2n) is 14.4. The van der Waals surface area contributed by atoms with Crippen LogP contribution in [0, 0.1) is 45.3 Å². The molecule has 0 radical (unpaired) electrons. The van der Waals surface area contributed by atoms with E-state index in [1.54, 1.807) is 19.9 Å². The molecule has 2 N–H and O–H groups in total. The summed E-state index contributed by atoms with van der Waals surface area (Å²) in [6.07, 6.45) is 10.3. The number of allylic oxidation sites excluding steroid dienone is 2. The van der Waals surface area contributed by atoms with E-state index in [2.05, 4.69) is 47.6 Å². The van der Waals surface area contributed by atoms with Crippen LogP contribution in [0.5, 0.6) is 0 Å². The molecule has 0 spiro atoms. The maximum absolute atomic E-state index is 14.1. The van der Waals surface area contributed by atoms with E-state index in [1.165, 1.54) is 0 Å². The van der Waals surface area contributed by atoms with E-state index in [-0.39, 0.29) is 39.1 Å². The predicted molar refractivity (Wildman–Crippen MR) is 133 cm³/mol. The highest BCUT2D eigenvalue weighted by atomic mass is 16.3. The monoisotopic (exact) mass is 468 g/mol. The molecule has 4 nitrogen and oxygen atoms in total. The van der Waals surface area contributed by atoms with Gasteiger partial charge >= 0.3 is 0 Å². The topological polar surface area (TPSA) is 74.6 Å². The second kappa shape index (κ2) is 6.73. The molecule has 0 aromatic heterocycles. The summed E-state index contributed by atoms with van der Waals surface area (Å²) in [7, 11) is 0. The Kier molecular flexibility index (Phi) is 4.84. The first-order valence-corrected chi connectivity index (χ1v) is 13.4. The maximum Gasteiger partial charge on any atom is 0.187 e. The first kappa shape index (κ1) is 24.4. The average molecular weight is 469 g/mol. The Morgan fingerprint density at radius 1 is 0.735 bits per heavy atom. The van der Waals surface area contributed by atoms with Crippen LogP contribution in [0.1, 0.15) is 93.9 Å². The summed E-state index contributed by atoms with van der Waals surface area (Å²) in [4.78, 5) is 27.6. The zero-order valence-electron chi connectivity index (χ0n) is 22.4. The van der Waals surface area contributed by atoms with Crippen LogP contribution in [0.3, 0.4) is 0 Å². The minimum atomic E-state index is -1.60. The van der Waals surface area contributed by atoms with Crippen LogP contribution in [0.15, 0.2) is 23.3 Å². The molecule has 0 aliphatic heterocycles. The molecule has 188 valence electrons. The molecule has 8 atom stereocenters. The fourth-order valence-corrected chi connectivity index (χ4v) is 9.06. The number of fused-ring (bicyclic) bond motifs is 1. The van der Waals surface area contributed by atoms with E-state index in [0.29, 0.717) is 0 Å². The molecule has 0 saturated heterocycles. The van der Waals surface area contributed by atoms with Crippen molar-refractivity contribution in [1.29, 1.82) is 0 Å². The fraction of sp³-hybridized carbons (Fsp3) is 0.800. The summed E-state index contributed by atoms with van der Waals surface area (Å²) >= 11 is 0. The quantitative estimate of drug-likeness (QED) is 0.531. The maximum atomic E-state index is 14.1. The van der Waals surface area contributed by atoms with E-state index in [0.717, 1.165) is 49.7 Å². The molecule has 0 heterocycles. The molecule has 0 aromatic rings. The van der Waals surface area contributed by atoms with Gasteiger partial charge in [-0.3, -0.25) is 9.59 Å². The third kappa shape index (κ3) is 2.68. The molecule has 3 saturated carbocycles. The summed E-state index contributed by atoms with van der Waals surface area (Å²) in [6.45, 7) is 17.0. The number of Topliss-reactive ketones (excluding diaryl/α,β-unsaturated/α-hetero) is 1. The van der Waals surface area contributed by atoms with Gasteiger partial charge in [-0.2, -0.15) is 0 Å². The summed E-state index contributed by atoms with van der Waals surface area (Å²) in [5, 5.41) is 23.2. The van der Waals surface area contributed by atoms with Crippen molar-refractivity contribution in [2.75, 3.05) is 0 Å². The Hall–Kier alpha value is -1.26. The van der Waals surface area contributed by atoms with E-state index in [9.17, 15) is 19.8 Å². The molecule has 2 bridgehead atoms. The predicted octanol–water partition coefficient (Wildman–Crippen LogP) is 5.42. The van der Waals surface area contributed by atoms with E-state index >= 15 is 0 Å². The van der Waals surface area contributed by atoms with Gasteiger partial charge in [-0.05, 0) is 67.3 Å². The summed E-state index contributed by atoms with van der Waals surface area (Å²) in [6, 6.07) is 0. The highest BCUT2D eigenvalue weighted by molar-refractivity contribution is 6.02. The fourth-order valence-electron chi connectivity index (χ4n) is 9.06. The SMILES string of the molecule is CC1(C)CCC[C@]1(C)C1=CC(=O)[C@@](C)(O)C2C1[C@@H]1C(=O)[C@@](C)(O)[C@H]2C=C1[C@@]1(C)CCCC1(C)C. The summed E-state index contributed by atoms with van der Waals surface area (Å²) < 4.78 is 0. The van der Waals surface area contributed by atoms with Crippen molar-refractivity contribution in [2.24, 2.45) is 45.3 Å². The molecular weight excluding hydrogens is 424 g/mol. The van der Waals surface area contributed by atoms with Crippen LogP contribution in [0.2, 0.25) is 0 Å². The minimum Gasteiger partial charge on any atom is -0.382 e. The molecule has 2 unspecified atom stereocenters. The van der Waals surface area contributed by atoms with Gasteiger partial charge in [0.2, 0.25) is 0 Å². The highest BCUT2D eigenvalue weighted by Crippen LogP contribution is 2.70. The first-order chi connectivity index (χ1) is 15.4. The van der Waals surface area contributed by atoms with Gasteiger partial charge in [-0.25, -0.2) is 0 Å². The van der Waals surface area contributed by atoms with Gasteiger partial charge in [-0.1, -0.05) is 71.6 Å². The zero-order chi connectivity index (χ0) is 25.3. The van der Waals surface area contributed by atoms with Crippen molar-refractivity contribution < 1.29 is 19.8 Å². The molecule has 3 fully saturated rings. The molecule has 6 aliphatic carbocycles. The average Bonchev–Trinajstić information content (AvgIpc) is 3.16. The zero-order valence-corrected chi connectivity index (χ0v) is 22.4. The van der Waals surface area contributed by atoms with E-state index < -0.39 is 29.0 Å². The standard InChI is InChI=1S/C30H44O4/c1-25(2)11-9-13-27(25,5)17-15-19-23-21(22(17)24(32)29(19,7)33)18(16-20(31)30(23,8)34)28(6)14-10-12-26(28,3)4/h15-16,19,21-23,33-34H,9-14H2,1-8H3/t19-,21?,22+,23?,27+,28+,29-,30+/m0/s1. The van der Waals surface area contributed by atoms with Gasteiger partial charge in [-0.15, -0.1) is 0 Å². The molecule has 34 heavy (non-hydrogen) atoms. The smallest absolute Gasteiger partial charge is 0.187 e. The van der Waals surface area contributed by atoms with Crippen LogP contribution in [-0.4, -0.2) is 33.0 Å². The van der Waals surface area contributed by atoms with Crippen LogP contribution in [0.4, 0.5) is 0 Å². The highest BCUT2D eigenvalue weighted by Gasteiger charge is 2.70. The van der Waals surface area contributed by atoms with Gasteiger partial charge < -0.3 is 10.2 Å². The number of hydrogen-bond acceptors (Lipinski definition) is 4.